The largest absolute Gasteiger partial charge is 0.422 e. The summed E-state index contributed by atoms with van der Waals surface area (Å²) in [5.41, 5.74) is 0.0372. The number of ketones is 1. The Bertz CT molecular complexity index is 1820. The maximum Gasteiger partial charge on any atom is 0.343 e. The second kappa shape index (κ2) is 10.1. The first-order chi connectivity index (χ1) is 18.2. The molecule has 202 valence electrons. The lowest BCUT2D eigenvalue weighted by Gasteiger charge is -2.13. The van der Waals surface area contributed by atoms with Gasteiger partial charge in [-0.05, 0) is 36.3 Å². The Morgan fingerprint density at radius 1 is 0.923 bits per heavy atom. The van der Waals surface area contributed by atoms with E-state index in [2.05, 4.69) is 0 Å². The van der Waals surface area contributed by atoms with Gasteiger partial charge in [-0.25, -0.2) is 22.4 Å². The van der Waals surface area contributed by atoms with Crippen molar-refractivity contribution in [2.24, 2.45) is 0 Å². The average molecular weight is 562 g/mol. The van der Waals surface area contributed by atoms with Crippen LogP contribution in [0.4, 0.5) is 23.2 Å². The van der Waals surface area contributed by atoms with Crippen molar-refractivity contribution in [1.82, 2.24) is 0 Å². The Hall–Kier alpha value is -4.29. The highest BCUT2D eigenvalue weighted by molar-refractivity contribution is 7.85. The quantitative estimate of drug-likeness (QED) is 0.111. The highest BCUT2D eigenvalue weighted by atomic mass is 32.2. The molecule has 0 aliphatic heterocycles. The van der Waals surface area contributed by atoms with Crippen LogP contribution in [0, 0.1) is 30.2 Å². The SMILES string of the molecule is Cc1c(/C=C/c2ccc(C(=O)c3c(F)c(F)c(S(=O)(=O)O)c(F)c3F)cc2)c(=O)oc2cc(N(C)C)ccc12. The third kappa shape index (κ3) is 5.08. The molecule has 0 fully saturated rings. The first-order valence-electron chi connectivity index (χ1n) is 11.1. The lowest BCUT2D eigenvalue weighted by atomic mass is 10.00. The number of benzene rings is 3. The monoisotopic (exact) mass is 561 g/mol. The van der Waals surface area contributed by atoms with Crippen LogP contribution in [0.5, 0.6) is 0 Å². The molecular weight excluding hydrogens is 542 g/mol. The summed E-state index contributed by atoms with van der Waals surface area (Å²) in [6.45, 7) is 1.75. The summed E-state index contributed by atoms with van der Waals surface area (Å²) in [4.78, 5) is 24.9. The second-order valence-corrected chi connectivity index (χ2v) is 10.1. The predicted octanol–water partition coefficient (Wildman–Crippen LogP) is 5.37. The summed E-state index contributed by atoms with van der Waals surface area (Å²) < 4.78 is 93.5. The summed E-state index contributed by atoms with van der Waals surface area (Å²) >= 11 is 0. The van der Waals surface area contributed by atoms with Crippen LogP contribution in [-0.4, -0.2) is 32.8 Å². The summed E-state index contributed by atoms with van der Waals surface area (Å²) in [6.07, 6.45) is 3.02. The summed E-state index contributed by atoms with van der Waals surface area (Å²) in [6, 6.07) is 10.4. The summed E-state index contributed by atoms with van der Waals surface area (Å²) in [5.74, 6) is -10.9. The van der Waals surface area contributed by atoms with Crippen LogP contribution in [0.3, 0.4) is 0 Å². The molecule has 1 aromatic heterocycles. The molecule has 0 radical (unpaired) electrons. The Labute approximate surface area is 219 Å². The van der Waals surface area contributed by atoms with E-state index in [9.17, 15) is 35.6 Å². The average Bonchev–Trinajstić information content (AvgIpc) is 2.86. The lowest BCUT2D eigenvalue weighted by Crippen LogP contribution is -2.16. The van der Waals surface area contributed by atoms with Crippen LogP contribution >= 0.6 is 0 Å². The van der Waals surface area contributed by atoms with Gasteiger partial charge in [0.25, 0.3) is 0 Å². The molecule has 0 atom stereocenters. The molecular formula is C27H19F4NO6S. The van der Waals surface area contributed by atoms with Crippen molar-refractivity contribution in [2.45, 2.75) is 11.8 Å². The van der Waals surface area contributed by atoms with Crippen molar-refractivity contribution in [3.05, 3.63) is 104 Å². The third-order valence-electron chi connectivity index (χ3n) is 6.04. The van der Waals surface area contributed by atoms with Crippen LogP contribution < -0.4 is 10.5 Å². The normalized spacial score (nSPS) is 11.9. The Balaban J connectivity index is 1.66. The molecule has 39 heavy (non-hydrogen) atoms. The van der Waals surface area contributed by atoms with Gasteiger partial charge in [0, 0.05) is 36.8 Å². The molecule has 0 saturated carbocycles. The number of halogens is 4. The van der Waals surface area contributed by atoms with Crippen LogP contribution in [0.25, 0.3) is 23.1 Å². The van der Waals surface area contributed by atoms with E-state index in [1.54, 1.807) is 13.0 Å². The van der Waals surface area contributed by atoms with Crippen molar-refractivity contribution >= 4 is 44.7 Å². The second-order valence-electron chi connectivity index (χ2n) is 8.72. The predicted molar refractivity (Wildman–Crippen MR) is 136 cm³/mol. The fourth-order valence-electron chi connectivity index (χ4n) is 3.94. The zero-order valence-corrected chi connectivity index (χ0v) is 21.4. The molecule has 4 aromatic rings. The Morgan fingerprint density at radius 3 is 2.05 bits per heavy atom. The van der Waals surface area contributed by atoms with Gasteiger partial charge in [-0.1, -0.05) is 30.3 Å². The minimum absolute atomic E-state index is 0.272. The molecule has 0 aliphatic carbocycles. The first-order valence-corrected chi connectivity index (χ1v) is 12.6. The van der Waals surface area contributed by atoms with Gasteiger partial charge in [-0.15, -0.1) is 0 Å². The molecule has 0 bridgehead atoms. The molecule has 1 heterocycles. The molecule has 0 amide bonds. The lowest BCUT2D eigenvalue weighted by molar-refractivity contribution is 0.102. The molecule has 1 N–H and O–H groups in total. The van der Waals surface area contributed by atoms with E-state index < -0.39 is 55.3 Å². The minimum atomic E-state index is -5.65. The number of hydrogen-bond donors (Lipinski definition) is 1. The highest BCUT2D eigenvalue weighted by Crippen LogP contribution is 2.29. The van der Waals surface area contributed by atoms with E-state index in [1.165, 1.54) is 24.3 Å². The molecule has 0 spiro atoms. The number of carbonyl (C=O) groups excluding carboxylic acids is 1. The third-order valence-corrected chi connectivity index (χ3v) is 6.91. The maximum absolute atomic E-state index is 14.4. The van der Waals surface area contributed by atoms with Gasteiger partial charge in [-0.3, -0.25) is 9.35 Å². The van der Waals surface area contributed by atoms with Gasteiger partial charge < -0.3 is 9.32 Å². The van der Waals surface area contributed by atoms with Gasteiger partial charge in [0.2, 0.25) is 0 Å². The van der Waals surface area contributed by atoms with Gasteiger partial charge in [0.1, 0.15) is 11.1 Å². The van der Waals surface area contributed by atoms with Gasteiger partial charge in [-0.2, -0.15) is 8.42 Å². The Kier molecular flexibility index (Phi) is 7.19. The van der Waals surface area contributed by atoms with Gasteiger partial charge >= 0.3 is 15.7 Å². The van der Waals surface area contributed by atoms with Crippen molar-refractivity contribution in [1.29, 1.82) is 0 Å². The zero-order valence-electron chi connectivity index (χ0n) is 20.6. The van der Waals surface area contributed by atoms with E-state index in [0.29, 0.717) is 16.7 Å². The topological polar surface area (TPSA) is 105 Å². The van der Waals surface area contributed by atoms with Crippen molar-refractivity contribution < 1.29 is 39.7 Å². The fraction of sp³-hybridized carbons (Fsp3) is 0.111. The van der Waals surface area contributed by atoms with E-state index in [1.807, 2.05) is 31.1 Å². The molecule has 12 heteroatoms. The molecule has 4 rings (SSSR count). The molecule has 0 saturated heterocycles. The van der Waals surface area contributed by atoms with Crippen LogP contribution in [0.2, 0.25) is 0 Å². The summed E-state index contributed by atoms with van der Waals surface area (Å²) in [5, 5.41) is 0.726. The molecule has 0 aliphatic rings. The standard InChI is InChI=1S/C27H19F4NO6S/c1-13-17-11-9-16(32(2)3)12-19(17)38-27(34)18(13)10-6-14-4-7-15(8-5-14)25(33)20-21(28)23(30)26(39(35,36)37)24(31)22(20)29/h4-12H,1-3H3,(H,35,36,37)/b10-6+. The van der Waals surface area contributed by atoms with Crippen LogP contribution in [-0.2, 0) is 10.1 Å². The Morgan fingerprint density at radius 2 is 1.51 bits per heavy atom. The van der Waals surface area contributed by atoms with Crippen molar-refractivity contribution in [3.8, 4) is 0 Å². The van der Waals surface area contributed by atoms with E-state index in [-0.39, 0.29) is 11.1 Å². The van der Waals surface area contributed by atoms with Gasteiger partial charge in [0.05, 0.1) is 5.56 Å². The number of fused-ring (bicyclic) bond motifs is 1. The fourth-order valence-corrected chi connectivity index (χ4v) is 4.57. The van der Waals surface area contributed by atoms with Crippen molar-refractivity contribution in [3.63, 3.8) is 0 Å². The van der Waals surface area contributed by atoms with E-state index >= 15 is 0 Å². The number of nitrogens with zero attached hydrogens (tertiary/aromatic N) is 1. The number of rotatable bonds is 6. The van der Waals surface area contributed by atoms with E-state index in [0.717, 1.165) is 23.2 Å². The molecule has 3 aromatic carbocycles. The number of aryl methyl sites for hydroxylation is 1. The smallest absolute Gasteiger partial charge is 0.343 e. The van der Waals surface area contributed by atoms with E-state index in [4.69, 9.17) is 8.97 Å². The zero-order chi connectivity index (χ0) is 28.8. The maximum atomic E-state index is 14.4. The van der Waals surface area contributed by atoms with Crippen LogP contribution in [0.15, 0.2) is 56.6 Å². The molecule has 7 nitrogen and oxygen atoms in total. The highest BCUT2D eigenvalue weighted by Gasteiger charge is 2.34. The molecule has 0 unspecified atom stereocenters. The van der Waals surface area contributed by atoms with Crippen LogP contribution in [0.1, 0.15) is 32.6 Å². The van der Waals surface area contributed by atoms with Gasteiger partial charge in [0.15, 0.2) is 33.9 Å². The number of hydrogen-bond acceptors (Lipinski definition) is 6. The first kappa shape index (κ1) is 27.7. The summed E-state index contributed by atoms with van der Waals surface area (Å²) in [7, 11) is -1.95. The van der Waals surface area contributed by atoms with Crippen molar-refractivity contribution in [2.75, 3.05) is 19.0 Å². The number of carbonyl (C=O) groups is 1. The number of anilines is 1. The minimum Gasteiger partial charge on any atom is -0.422 e.